The van der Waals surface area contributed by atoms with Gasteiger partial charge in [-0.05, 0) is 80.3 Å². The summed E-state index contributed by atoms with van der Waals surface area (Å²) in [6, 6.07) is 12.9. The molecule has 1 aromatic heterocycles. The van der Waals surface area contributed by atoms with Crippen LogP contribution in [0.4, 0.5) is 0 Å². The van der Waals surface area contributed by atoms with Crippen LogP contribution in [0.3, 0.4) is 0 Å². The molecule has 16 heteroatoms. The maximum Gasteiger partial charge on any atom is 0.332 e. The SMILES string of the molecule is CC(OC(=O)CCC(=O)OC(C)(C)C)OC(=O)[C@H](Cc1cccc(S(C)(=O)=O)c1)NC(=O)c1c(Cl)cc2c(c1Cl)CCN(C(=O)c1ccc3ccoc3c1)C2. The second-order valence-corrected chi connectivity index (χ2v) is 16.9. The van der Waals surface area contributed by atoms with Crippen LogP contribution in [-0.4, -0.2) is 73.8 Å². The van der Waals surface area contributed by atoms with E-state index in [9.17, 15) is 32.4 Å². The van der Waals surface area contributed by atoms with Crippen molar-refractivity contribution in [1.29, 1.82) is 0 Å². The zero-order chi connectivity index (χ0) is 40.2. The third-order valence-corrected chi connectivity index (χ3v) is 10.3. The van der Waals surface area contributed by atoms with Gasteiger partial charge in [0.15, 0.2) is 9.84 Å². The molecule has 3 aromatic carbocycles. The number of carbonyl (C=O) groups is 5. The first-order chi connectivity index (χ1) is 25.8. The summed E-state index contributed by atoms with van der Waals surface area (Å²) in [5.41, 5.74) is 1.79. The molecule has 1 aliphatic rings. The van der Waals surface area contributed by atoms with Gasteiger partial charge in [0.05, 0.1) is 39.6 Å². The van der Waals surface area contributed by atoms with E-state index in [2.05, 4.69) is 5.32 Å². The van der Waals surface area contributed by atoms with E-state index >= 15 is 0 Å². The zero-order valence-electron chi connectivity index (χ0n) is 30.8. The zero-order valence-corrected chi connectivity index (χ0v) is 33.1. The monoisotopic (exact) mass is 814 g/mol. The minimum absolute atomic E-state index is 0.00875. The largest absolute Gasteiger partial charge is 0.464 e. The molecule has 2 atom stereocenters. The Kier molecular flexibility index (Phi) is 12.6. The molecule has 13 nitrogen and oxygen atoms in total. The van der Waals surface area contributed by atoms with E-state index in [-0.39, 0.29) is 52.2 Å². The first-order valence-electron chi connectivity index (χ1n) is 17.3. The van der Waals surface area contributed by atoms with E-state index in [1.807, 2.05) is 0 Å². The van der Waals surface area contributed by atoms with Crippen molar-refractivity contribution < 1.29 is 51.0 Å². The van der Waals surface area contributed by atoms with Gasteiger partial charge in [0.2, 0.25) is 6.29 Å². The molecule has 0 saturated carbocycles. The van der Waals surface area contributed by atoms with Gasteiger partial charge in [0.25, 0.3) is 11.8 Å². The molecule has 1 unspecified atom stereocenters. The third kappa shape index (κ3) is 10.6. The summed E-state index contributed by atoms with van der Waals surface area (Å²) in [7, 11) is -3.61. The van der Waals surface area contributed by atoms with Crippen LogP contribution in [-0.2, 0) is 57.8 Å². The summed E-state index contributed by atoms with van der Waals surface area (Å²) in [5.74, 6) is -3.51. The molecular formula is C39H40Cl2N2O11S. The van der Waals surface area contributed by atoms with Crippen molar-refractivity contribution in [3.05, 3.63) is 98.7 Å². The molecule has 0 fully saturated rings. The molecule has 0 saturated heterocycles. The lowest BCUT2D eigenvalue weighted by atomic mass is 9.95. The Hall–Kier alpha value is -4.92. The number of nitrogens with one attached hydrogen (secondary N) is 1. The molecule has 55 heavy (non-hydrogen) atoms. The topological polar surface area (TPSA) is 176 Å². The van der Waals surface area contributed by atoms with Gasteiger partial charge in [-0.15, -0.1) is 0 Å². The molecule has 1 aliphatic heterocycles. The number of ether oxygens (including phenoxy) is 3. The molecule has 2 heterocycles. The minimum atomic E-state index is -3.61. The van der Waals surface area contributed by atoms with Gasteiger partial charge in [0, 0.05) is 43.6 Å². The number of halogens is 2. The molecule has 0 aliphatic carbocycles. The predicted octanol–water partition coefficient (Wildman–Crippen LogP) is 6.24. The summed E-state index contributed by atoms with van der Waals surface area (Å²) in [6.07, 6.45) is 0.638. The number of rotatable bonds is 12. The number of hydrogen-bond donors (Lipinski definition) is 1. The van der Waals surface area contributed by atoms with Crippen LogP contribution in [0.25, 0.3) is 11.0 Å². The fraction of sp³-hybridized carbons (Fsp3) is 0.359. The lowest BCUT2D eigenvalue weighted by Gasteiger charge is -2.30. The van der Waals surface area contributed by atoms with Crippen molar-refractivity contribution in [3.63, 3.8) is 0 Å². The van der Waals surface area contributed by atoms with Crippen molar-refractivity contribution >= 4 is 73.7 Å². The smallest absolute Gasteiger partial charge is 0.332 e. The summed E-state index contributed by atoms with van der Waals surface area (Å²) in [6.45, 7) is 6.82. The normalized spacial score (nSPS) is 14.1. The molecule has 2 amide bonds. The number of benzene rings is 3. The fourth-order valence-corrected chi connectivity index (χ4v) is 7.43. The van der Waals surface area contributed by atoms with E-state index in [1.54, 1.807) is 68.3 Å². The van der Waals surface area contributed by atoms with Crippen LogP contribution >= 0.6 is 23.2 Å². The van der Waals surface area contributed by atoms with E-state index in [0.717, 1.165) is 11.6 Å². The van der Waals surface area contributed by atoms with Crippen LogP contribution in [0, 0.1) is 0 Å². The van der Waals surface area contributed by atoms with Crippen LogP contribution in [0.1, 0.15) is 77.9 Å². The van der Waals surface area contributed by atoms with E-state index < -0.39 is 51.6 Å². The van der Waals surface area contributed by atoms with Gasteiger partial charge in [-0.2, -0.15) is 0 Å². The lowest BCUT2D eigenvalue weighted by molar-refractivity contribution is -0.186. The highest BCUT2D eigenvalue weighted by Crippen LogP contribution is 2.35. The van der Waals surface area contributed by atoms with Crippen molar-refractivity contribution in [1.82, 2.24) is 10.2 Å². The molecule has 0 radical (unpaired) electrons. The number of nitrogens with zero attached hydrogens (tertiary/aromatic N) is 1. The average Bonchev–Trinajstić information content (AvgIpc) is 3.57. The quantitative estimate of drug-likeness (QED) is 0.127. The number of sulfone groups is 1. The number of furan rings is 1. The van der Waals surface area contributed by atoms with Crippen molar-refractivity contribution in [2.75, 3.05) is 12.8 Å². The molecule has 292 valence electrons. The summed E-state index contributed by atoms with van der Waals surface area (Å²) < 4.78 is 45.7. The first-order valence-corrected chi connectivity index (χ1v) is 19.9. The van der Waals surface area contributed by atoms with Crippen molar-refractivity contribution in [2.45, 2.75) is 82.8 Å². The van der Waals surface area contributed by atoms with Gasteiger partial charge >= 0.3 is 17.9 Å². The number of fused-ring (bicyclic) bond motifs is 2. The van der Waals surface area contributed by atoms with Crippen LogP contribution in [0.5, 0.6) is 0 Å². The number of carbonyl (C=O) groups excluding carboxylic acids is 5. The second-order valence-electron chi connectivity index (χ2n) is 14.1. The second kappa shape index (κ2) is 16.8. The number of amides is 2. The summed E-state index contributed by atoms with van der Waals surface area (Å²) >= 11 is 13.5. The molecular weight excluding hydrogens is 775 g/mol. The van der Waals surface area contributed by atoms with Crippen molar-refractivity contribution in [2.24, 2.45) is 0 Å². The Bertz CT molecular complexity index is 2260. The average molecular weight is 816 g/mol. The van der Waals surface area contributed by atoms with Gasteiger partial charge in [-0.3, -0.25) is 19.2 Å². The molecule has 5 rings (SSSR count). The highest BCUT2D eigenvalue weighted by molar-refractivity contribution is 7.90. The Labute approximate surface area is 328 Å². The van der Waals surface area contributed by atoms with Crippen molar-refractivity contribution in [3.8, 4) is 0 Å². The Balaban J connectivity index is 1.32. The Morgan fingerprint density at radius 1 is 0.964 bits per heavy atom. The van der Waals surface area contributed by atoms with Gasteiger partial charge in [0.1, 0.15) is 17.2 Å². The summed E-state index contributed by atoms with van der Waals surface area (Å²) in [4.78, 5) is 66.9. The lowest BCUT2D eigenvalue weighted by Crippen LogP contribution is -2.45. The van der Waals surface area contributed by atoms with Gasteiger partial charge in [-0.25, -0.2) is 13.2 Å². The summed E-state index contributed by atoms with van der Waals surface area (Å²) in [5, 5.41) is 3.48. The number of esters is 3. The minimum Gasteiger partial charge on any atom is -0.464 e. The molecule has 0 spiro atoms. The van der Waals surface area contributed by atoms with Crippen LogP contribution in [0.2, 0.25) is 10.0 Å². The first kappa shape index (κ1) is 41.2. The highest BCUT2D eigenvalue weighted by atomic mass is 35.5. The Morgan fingerprint density at radius 2 is 1.69 bits per heavy atom. The predicted molar refractivity (Wildman–Crippen MR) is 202 cm³/mol. The maximum atomic E-state index is 13.9. The molecule has 0 bridgehead atoms. The third-order valence-electron chi connectivity index (χ3n) is 8.51. The maximum absolute atomic E-state index is 13.9. The van der Waals surface area contributed by atoms with Gasteiger partial charge in [-0.1, -0.05) is 41.4 Å². The van der Waals surface area contributed by atoms with Crippen LogP contribution < -0.4 is 5.32 Å². The molecule has 1 N–H and O–H groups in total. The highest BCUT2D eigenvalue weighted by Gasteiger charge is 2.32. The fourth-order valence-electron chi connectivity index (χ4n) is 5.98. The van der Waals surface area contributed by atoms with Gasteiger partial charge < -0.3 is 28.8 Å². The van der Waals surface area contributed by atoms with E-state index in [4.69, 9.17) is 41.8 Å². The van der Waals surface area contributed by atoms with E-state index in [1.165, 1.54) is 25.1 Å². The standard InChI is InChI=1S/C39H40Cl2N2O11S/c1-22(52-32(44)11-12-33(45)54-39(2,3)4)53-38(48)30(18-23-7-6-8-27(17-23)55(5,49)50)42-36(46)34-29(40)19-26-21-43(15-13-28(26)35(34)41)37(47)25-10-9-24-14-16-51-31(24)20-25/h6-10,14,16-17,19-20,22,30H,11-13,15,18,21H2,1-5H3,(H,42,46)/t22?,30-/m0/s1. The number of hydrogen-bond acceptors (Lipinski definition) is 11. The van der Waals surface area contributed by atoms with E-state index in [0.29, 0.717) is 40.8 Å². The Morgan fingerprint density at radius 3 is 2.40 bits per heavy atom. The van der Waals surface area contributed by atoms with Crippen LogP contribution in [0.15, 0.2) is 70.2 Å². The molecule has 4 aromatic rings.